The molecule has 1 saturated carbocycles. The first kappa shape index (κ1) is 17.5. The van der Waals surface area contributed by atoms with Crippen molar-refractivity contribution in [1.82, 2.24) is 0 Å². The minimum atomic E-state index is 0.457. The van der Waals surface area contributed by atoms with Gasteiger partial charge in [0.2, 0.25) is 0 Å². The molecule has 3 atom stereocenters. The Labute approximate surface area is 165 Å². The third kappa shape index (κ3) is 2.71. The van der Waals surface area contributed by atoms with E-state index in [-0.39, 0.29) is 0 Å². The van der Waals surface area contributed by atoms with Gasteiger partial charge in [-0.25, -0.2) is 0 Å². The van der Waals surface area contributed by atoms with Gasteiger partial charge in [0.25, 0.3) is 0 Å². The van der Waals surface area contributed by atoms with Crippen LogP contribution in [0, 0.1) is 18.3 Å². The molecule has 1 fully saturated rings. The van der Waals surface area contributed by atoms with Crippen molar-refractivity contribution >= 4 is 5.57 Å². The highest BCUT2D eigenvalue weighted by Crippen LogP contribution is 2.68. The van der Waals surface area contributed by atoms with Gasteiger partial charge >= 0.3 is 0 Å². The van der Waals surface area contributed by atoms with E-state index < -0.39 is 0 Å². The first-order chi connectivity index (χ1) is 13.1. The normalized spacial score (nSPS) is 29.4. The summed E-state index contributed by atoms with van der Waals surface area (Å²) in [6.45, 7) is 7.08. The van der Waals surface area contributed by atoms with Gasteiger partial charge in [-0.15, -0.1) is 0 Å². The van der Waals surface area contributed by atoms with Crippen LogP contribution in [0.4, 0.5) is 0 Å². The predicted octanol–water partition coefficient (Wildman–Crippen LogP) is 7.67. The fourth-order valence-corrected chi connectivity index (χ4v) is 6.05. The summed E-state index contributed by atoms with van der Waals surface area (Å²) in [5, 5.41) is 0. The van der Waals surface area contributed by atoms with E-state index in [9.17, 15) is 0 Å². The smallest absolute Gasteiger partial charge is 0.0279 e. The van der Waals surface area contributed by atoms with Crippen molar-refractivity contribution in [2.45, 2.75) is 84.5 Å². The molecule has 142 valence electrons. The minimum absolute atomic E-state index is 0.457. The summed E-state index contributed by atoms with van der Waals surface area (Å²) in [4.78, 5) is 0. The molecule has 0 heterocycles. The number of hydrogen-bond donors (Lipinski definition) is 0. The maximum absolute atomic E-state index is 2.61. The van der Waals surface area contributed by atoms with Crippen LogP contribution >= 0.6 is 0 Å². The third-order valence-corrected chi connectivity index (χ3v) is 7.84. The summed E-state index contributed by atoms with van der Waals surface area (Å²) in [6.07, 6.45) is 19.8. The quantitative estimate of drug-likeness (QED) is 0.346. The molecular weight excluding hydrogens is 324 g/mol. The Hall–Kier alpha value is -1.56. The molecule has 0 aliphatic heterocycles. The highest BCUT2D eigenvalue weighted by atomic mass is 14.6. The van der Waals surface area contributed by atoms with Gasteiger partial charge in [-0.2, -0.15) is 0 Å². The molecule has 0 radical (unpaired) electrons. The molecule has 4 aliphatic rings. The van der Waals surface area contributed by atoms with Crippen molar-refractivity contribution in [2.24, 2.45) is 11.3 Å². The fourth-order valence-electron chi connectivity index (χ4n) is 6.05. The van der Waals surface area contributed by atoms with Crippen molar-refractivity contribution in [3.05, 3.63) is 63.8 Å². The van der Waals surface area contributed by atoms with E-state index in [1.54, 1.807) is 33.4 Å². The molecule has 5 rings (SSSR count). The predicted molar refractivity (Wildman–Crippen MR) is 116 cm³/mol. The maximum Gasteiger partial charge on any atom is 0.0279 e. The first-order valence-electron chi connectivity index (χ1n) is 11.4. The summed E-state index contributed by atoms with van der Waals surface area (Å²) in [7, 11) is 0. The molecule has 0 amide bonds. The Morgan fingerprint density at radius 2 is 1.89 bits per heavy atom. The average molecular weight is 359 g/mol. The second-order valence-corrected chi connectivity index (χ2v) is 9.72. The molecule has 0 aromatic heterocycles. The molecule has 0 bridgehead atoms. The van der Waals surface area contributed by atoms with E-state index in [1.807, 2.05) is 0 Å². The van der Waals surface area contributed by atoms with Gasteiger partial charge in [-0.3, -0.25) is 0 Å². The molecule has 0 spiro atoms. The van der Waals surface area contributed by atoms with Crippen LogP contribution in [0.15, 0.2) is 41.5 Å². The molecule has 0 heteroatoms. The Morgan fingerprint density at radius 1 is 1.07 bits per heavy atom. The van der Waals surface area contributed by atoms with Crippen LogP contribution in [0.2, 0.25) is 0 Å². The highest BCUT2D eigenvalue weighted by molar-refractivity contribution is 5.89. The summed E-state index contributed by atoms with van der Waals surface area (Å²) >= 11 is 0. The SMILES string of the molecule is CCCCCCCCC1=CCc2c(C)ccc3c2C1C1=C3C=CC2(C)CC12. The number of fused-ring (bicyclic) bond motifs is 4. The second-order valence-electron chi connectivity index (χ2n) is 9.72. The van der Waals surface area contributed by atoms with Crippen LogP contribution in [0.25, 0.3) is 5.57 Å². The highest BCUT2D eigenvalue weighted by Gasteiger charge is 2.56. The van der Waals surface area contributed by atoms with Crippen molar-refractivity contribution in [3.8, 4) is 0 Å². The molecule has 0 N–H and O–H groups in total. The van der Waals surface area contributed by atoms with Crippen molar-refractivity contribution in [3.63, 3.8) is 0 Å². The van der Waals surface area contributed by atoms with Crippen LogP contribution in [-0.4, -0.2) is 0 Å². The minimum Gasteiger partial charge on any atom is -0.0800 e. The lowest BCUT2D eigenvalue weighted by Crippen LogP contribution is -2.14. The van der Waals surface area contributed by atoms with Gasteiger partial charge in [0.1, 0.15) is 0 Å². The van der Waals surface area contributed by atoms with Gasteiger partial charge in [0.05, 0.1) is 0 Å². The first-order valence-corrected chi connectivity index (χ1v) is 11.4. The lowest BCUT2D eigenvalue weighted by molar-refractivity contribution is 0.592. The number of unbranched alkanes of at least 4 members (excludes halogenated alkanes) is 5. The van der Waals surface area contributed by atoms with Crippen molar-refractivity contribution in [2.75, 3.05) is 0 Å². The summed E-state index contributed by atoms with van der Waals surface area (Å²) in [6, 6.07) is 4.79. The topological polar surface area (TPSA) is 0 Å². The molecule has 0 nitrogen and oxygen atoms in total. The van der Waals surface area contributed by atoms with E-state index in [4.69, 9.17) is 0 Å². The molecule has 4 aliphatic carbocycles. The number of rotatable bonds is 7. The Bertz CT molecular complexity index is 862. The standard InChI is InChI=1S/C27H34/c1-4-5-6-7-8-9-10-19-12-14-20-18(2)11-13-21-22-15-16-27(3)17-23(27)26(22)24(19)25(20)21/h11-13,15-16,23-24H,4-10,14,17H2,1-3H3. The van der Waals surface area contributed by atoms with Crippen LogP contribution in [0.5, 0.6) is 0 Å². The number of allylic oxidation sites excluding steroid dienone is 6. The number of aryl methyl sites for hydroxylation is 1. The average Bonchev–Trinajstić information content (AvgIpc) is 3.25. The lowest BCUT2D eigenvalue weighted by Gasteiger charge is -2.29. The fraction of sp³-hybridized carbons (Fsp3) is 0.556. The van der Waals surface area contributed by atoms with Gasteiger partial charge in [0.15, 0.2) is 0 Å². The van der Waals surface area contributed by atoms with E-state index in [0.29, 0.717) is 11.3 Å². The third-order valence-electron chi connectivity index (χ3n) is 7.84. The van der Waals surface area contributed by atoms with Crippen LogP contribution in [-0.2, 0) is 6.42 Å². The Kier molecular flexibility index (Phi) is 4.22. The van der Waals surface area contributed by atoms with E-state index in [0.717, 1.165) is 12.3 Å². The van der Waals surface area contributed by atoms with Crippen molar-refractivity contribution < 1.29 is 0 Å². The van der Waals surface area contributed by atoms with Gasteiger partial charge in [-0.1, -0.05) is 81.9 Å². The van der Waals surface area contributed by atoms with Gasteiger partial charge in [-0.05, 0) is 77.3 Å². The van der Waals surface area contributed by atoms with Crippen LogP contribution in [0.3, 0.4) is 0 Å². The summed E-state index contributed by atoms with van der Waals surface area (Å²) in [5.74, 6) is 1.42. The second kappa shape index (κ2) is 6.50. The zero-order chi connectivity index (χ0) is 18.6. The van der Waals surface area contributed by atoms with Crippen LogP contribution in [0.1, 0.15) is 93.4 Å². The zero-order valence-corrected chi connectivity index (χ0v) is 17.4. The van der Waals surface area contributed by atoms with Gasteiger partial charge < -0.3 is 0 Å². The van der Waals surface area contributed by atoms with E-state index in [1.165, 1.54) is 56.9 Å². The van der Waals surface area contributed by atoms with Gasteiger partial charge in [0, 0.05) is 5.92 Å². The van der Waals surface area contributed by atoms with E-state index >= 15 is 0 Å². The number of hydrogen-bond acceptors (Lipinski definition) is 0. The van der Waals surface area contributed by atoms with Crippen molar-refractivity contribution in [1.29, 1.82) is 0 Å². The molecule has 3 unspecified atom stereocenters. The zero-order valence-electron chi connectivity index (χ0n) is 17.4. The Balaban J connectivity index is 1.43. The maximum atomic E-state index is 2.61. The lowest BCUT2D eigenvalue weighted by atomic mass is 9.75. The van der Waals surface area contributed by atoms with E-state index in [2.05, 4.69) is 51.1 Å². The Morgan fingerprint density at radius 3 is 2.74 bits per heavy atom. The molecule has 27 heavy (non-hydrogen) atoms. The monoisotopic (exact) mass is 358 g/mol. The largest absolute Gasteiger partial charge is 0.0800 e. The van der Waals surface area contributed by atoms with Crippen LogP contribution < -0.4 is 0 Å². The molecule has 1 aromatic rings. The number of benzene rings is 1. The summed E-state index contributed by atoms with van der Waals surface area (Å²) < 4.78 is 0. The molecule has 0 saturated heterocycles. The molecule has 1 aromatic carbocycles. The molecular formula is C27H34. The summed E-state index contributed by atoms with van der Waals surface area (Å²) in [5.41, 5.74) is 12.0.